The van der Waals surface area contributed by atoms with Crippen LogP contribution in [0.4, 0.5) is 0 Å². The van der Waals surface area contributed by atoms with Gasteiger partial charge in [-0.15, -0.1) is 0 Å². The average Bonchev–Trinajstić information content (AvgIpc) is 3.52. The molecule has 2 atom stereocenters. The lowest BCUT2D eigenvalue weighted by Gasteiger charge is -2.12. The molecule has 2 heterocycles. The van der Waals surface area contributed by atoms with Crippen molar-refractivity contribution in [1.82, 2.24) is 0 Å². The summed E-state index contributed by atoms with van der Waals surface area (Å²) in [4.78, 5) is 21.9. The van der Waals surface area contributed by atoms with Crippen molar-refractivity contribution < 1.29 is 24.2 Å². The van der Waals surface area contributed by atoms with E-state index < -0.39 is 5.97 Å². The van der Waals surface area contributed by atoms with E-state index in [1.165, 1.54) is 33.4 Å². The van der Waals surface area contributed by atoms with E-state index in [-0.39, 0.29) is 31.7 Å². The van der Waals surface area contributed by atoms with Crippen molar-refractivity contribution in [3.05, 3.63) is 57.6 Å². The lowest BCUT2D eigenvalue weighted by Crippen LogP contribution is -2.14. The third kappa shape index (κ3) is 4.56. The van der Waals surface area contributed by atoms with Crippen LogP contribution in [0.2, 0.25) is 0 Å². The second-order valence-corrected chi connectivity index (χ2v) is 9.17. The minimum absolute atomic E-state index is 0. The van der Waals surface area contributed by atoms with Crippen molar-refractivity contribution in [3.63, 3.8) is 0 Å². The van der Waals surface area contributed by atoms with Gasteiger partial charge in [0, 0.05) is 30.4 Å². The van der Waals surface area contributed by atoms with Gasteiger partial charge in [-0.1, -0.05) is 12.1 Å². The maximum absolute atomic E-state index is 11.1. The lowest BCUT2D eigenvalue weighted by atomic mass is 9.92. The highest BCUT2D eigenvalue weighted by Gasteiger charge is 2.31. The first-order chi connectivity index (χ1) is 15.5. The molecule has 0 saturated carbocycles. The minimum atomic E-state index is -0.700. The maximum Gasteiger partial charge on any atom is 0.303 e. The van der Waals surface area contributed by atoms with E-state index in [2.05, 4.69) is 18.2 Å². The van der Waals surface area contributed by atoms with Crippen LogP contribution >= 0.6 is 13.5 Å². The molecule has 0 spiro atoms. The molecule has 1 amide bonds. The molecule has 0 bridgehead atoms. The third-order valence-corrected chi connectivity index (χ3v) is 7.24. The Morgan fingerprint density at radius 1 is 0.818 bits per heavy atom. The van der Waals surface area contributed by atoms with Gasteiger partial charge in [-0.2, -0.15) is 13.5 Å². The van der Waals surface area contributed by atoms with E-state index in [0.29, 0.717) is 12.3 Å². The first-order valence-electron chi connectivity index (χ1n) is 11.6. The summed E-state index contributed by atoms with van der Waals surface area (Å²) < 4.78 is 11.1. The van der Waals surface area contributed by atoms with Crippen molar-refractivity contribution in [1.29, 1.82) is 0 Å². The molecule has 7 heteroatoms. The number of hydrogen-bond donors (Lipinski definition) is 2. The van der Waals surface area contributed by atoms with Crippen LogP contribution in [0, 0.1) is 0 Å². The van der Waals surface area contributed by atoms with E-state index in [4.69, 9.17) is 20.3 Å². The molecule has 3 N–H and O–H groups in total. The Labute approximate surface area is 200 Å². The van der Waals surface area contributed by atoms with Crippen LogP contribution in [-0.2, 0) is 35.3 Å². The van der Waals surface area contributed by atoms with Crippen molar-refractivity contribution in [2.45, 2.75) is 63.2 Å². The molecule has 0 radical (unpaired) electrons. The monoisotopic (exact) mass is 469 g/mol. The summed E-state index contributed by atoms with van der Waals surface area (Å²) in [5.74, 6) is 1.60. The van der Waals surface area contributed by atoms with Crippen LogP contribution in [0.3, 0.4) is 0 Å². The number of amides is 1. The van der Waals surface area contributed by atoms with Gasteiger partial charge in [-0.3, -0.25) is 9.59 Å². The standard InChI is InChI=1S/C13H15NO2.C13H14O3.H2S/c2*14-12(15)7-9-2-1-8-3-4-11-10(13(8)9)5-6-16-11;/h3-4,9H,1-2,5-7H2,(H2,14,15);3-4,9H,1-2,5-7H2,(H,14,15);1H2/t2*9-;/m00./s1. The zero-order chi connectivity index (χ0) is 22.2. The van der Waals surface area contributed by atoms with Crippen molar-refractivity contribution >= 4 is 25.4 Å². The van der Waals surface area contributed by atoms with Crippen LogP contribution < -0.4 is 15.2 Å². The predicted octanol–water partition coefficient (Wildman–Crippen LogP) is 3.77. The van der Waals surface area contributed by atoms with Crippen molar-refractivity contribution in [3.8, 4) is 11.5 Å². The molecular formula is C26H31NO5S. The maximum atomic E-state index is 11.1. The number of primary amides is 1. The number of carbonyl (C=O) groups is 2. The number of hydrogen-bond acceptors (Lipinski definition) is 4. The van der Waals surface area contributed by atoms with Crippen LogP contribution in [0.25, 0.3) is 0 Å². The zero-order valence-electron chi connectivity index (χ0n) is 18.7. The number of carboxylic acids is 1. The Balaban J connectivity index is 0.000000152. The fourth-order valence-electron chi connectivity index (χ4n) is 5.96. The second-order valence-electron chi connectivity index (χ2n) is 9.17. The van der Waals surface area contributed by atoms with Crippen molar-refractivity contribution in [2.75, 3.05) is 13.2 Å². The molecule has 0 aromatic heterocycles. The molecule has 6 nitrogen and oxygen atoms in total. The Kier molecular flexibility index (Phi) is 6.88. The molecule has 33 heavy (non-hydrogen) atoms. The van der Waals surface area contributed by atoms with Gasteiger partial charge in [0.1, 0.15) is 11.5 Å². The molecule has 2 aromatic rings. The van der Waals surface area contributed by atoms with Crippen LogP contribution in [0.15, 0.2) is 24.3 Å². The highest BCUT2D eigenvalue weighted by Crippen LogP contribution is 2.44. The molecule has 176 valence electrons. The summed E-state index contributed by atoms with van der Waals surface area (Å²) in [6.45, 7) is 1.51. The Morgan fingerprint density at radius 3 is 1.76 bits per heavy atom. The van der Waals surface area contributed by atoms with Gasteiger partial charge in [-0.05, 0) is 71.9 Å². The van der Waals surface area contributed by atoms with Gasteiger partial charge in [0.05, 0.1) is 19.6 Å². The predicted molar refractivity (Wildman–Crippen MR) is 130 cm³/mol. The highest BCUT2D eigenvalue weighted by molar-refractivity contribution is 7.59. The van der Waals surface area contributed by atoms with E-state index in [1.54, 1.807) is 0 Å². The van der Waals surface area contributed by atoms with Crippen LogP contribution in [-0.4, -0.2) is 30.2 Å². The van der Waals surface area contributed by atoms with Gasteiger partial charge >= 0.3 is 5.97 Å². The first kappa shape index (κ1) is 23.5. The van der Waals surface area contributed by atoms with E-state index in [0.717, 1.165) is 63.2 Å². The zero-order valence-corrected chi connectivity index (χ0v) is 19.7. The average molecular weight is 470 g/mol. The minimum Gasteiger partial charge on any atom is -0.493 e. The Morgan fingerprint density at radius 2 is 1.30 bits per heavy atom. The number of nitrogens with two attached hydrogens (primary N) is 1. The third-order valence-electron chi connectivity index (χ3n) is 7.24. The number of fused-ring (bicyclic) bond motifs is 6. The fourth-order valence-corrected chi connectivity index (χ4v) is 5.96. The first-order valence-corrected chi connectivity index (χ1v) is 11.6. The number of benzene rings is 2. The normalized spacial score (nSPS) is 20.7. The molecule has 2 aliphatic heterocycles. The number of carboxylic acid groups (broad SMARTS) is 1. The van der Waals surface area contributed by atoms with Crippen molar-refractivity contribution in [2.24, 2.45) is 5.73 Å². The molecule has 0 fully saturated rings. The molecule has 2 aliphatic carbocycles. The quantitative estimate of drug-likeness (QED) is 0.710. The van der Waals surface area contributed by atoms with E-state index >= 15 is 0 Å². The van der Waals surface area contributed by atoms with Crippen LogP contribution in [0.1, 0.15) is 70.9 Å². The fraction of sp³-hybridized carbons (Fsp3) is 0.462. The summed E-state index contributed by atoms with van der Waals surface area (Å²) in [7, 11) is 0. The van der Waals surface area contributed by atoms with Gasteiger partial charge < -0.3 is 20.3 Å². The number of carbonyl (C=O) groups excluding carboxylic acids is 1. The summed E-state index contributed by atoms with van der Waals surface area (Å²) in [6.07, 6.45) is 6.75. The number of ether oxygens (including phenoxy) is 2. The molecular weight excluding hydrogens is 438 g/mol. The Hall–Kier alpha value is -2.67. The molecule has 0 saturated heterocycles. The molecule has 4 aliphatic rings. The van der Waals surface area contributed by atoms with E-state index in [9.17, 15) is 9.59 Å². The van der Waals surface area contributed by atoms with Gasteiger partial charge in [0.25, 0.3) is 0 Å². The van der Waals surface area contributed by atoms with Crippen LogP contribution in [0.5, 0.6) is 11.5 Å². The van der Waals surface area contributed by atoms with Gasteiger partial charge in [-0.25, -0.2) is 0 Å². The SMILES string of the molecule is NC(=O)C[C@@H]1CCc2ccc3c(c21)CCO3.O=C(O)C[C@@H]1CCc2ccc3c(c21)CCO3.S. The molecule has 0 unspecified atom stereocenters. The largest absolute Gasteiger partial charge is 0.493 e. The number of rotatable bonds is 4. The second kappa shape index (κ2) is 9.67. The lowest BCUT2D eigenvalue weighted by molar-refractivity contribution is -0.137. The number of aliphatic carboxylic acids is 1. The summed E-state index contributed by atoms with van der Waals surface area (Å²) >= 11 is 0. The Bertz CT molecular complexity index is 997. The summed E-state index contributed by atoms with van der Waals surface area (Å²) in [5, 5.41) is 8.92. The van der Waals surface area contributed by atoms with E-state index in [1.807, 2.05) is 6.07 Å². The summed E-state index contributed by atoms with van der Waals surface area (Å²) in [6, 6.07) is 8.33. The highest BCUT2D eigenvalue weighted by atomic mass is 32.1. The molecule has 6 rings (SSSR count). The summed E-state index contributed by atoms with van der Waals surface area (Å²) in [5.41, 5.74) is 13.2. The topological polar surface area (TPSA) is 98.9 Å². The van der Waals surface area contributed by atoms with Gasteiger partial charge in [0.15, 0.2) is 0 Å². The number of aryl methyl sites for hydroxylation is 2. The molecule has 2 aromatic carbocycles. The smallest absolute Gasteiger partial charge is 0.303 e. The van der Waals surface area contributed by atoms with Gasteiger partial charge in [0.2, 0.25) is 5.91 Å².